The van der Waals surface area contributed by atoms with E-state index in [0.717, 1.165) is 4.31 Å². The zero-order valence-corrected chi connectivity index (χ0v) is 13.8. The van der Waals surface area contributed by atoms with Gasteiger partial charge in [-0.3, -0.25) is 4.79 Å². The lowest BCUT2D eigenvalue weighted by atomic mass is 10.2. The summed E-state index contributed by atoms with van der Waals surface area (Å²) in [7, 11) is -1.60. The van der Waals surface area contributed by atoms with E-state index in [0.29, 0.717) is 0 Å². The van der Waals surface area contributed by atoms with Gasteiger partial charge in [-0.25, -0.2) is 17.5 Å². The fraction of sp³-hybridized carbons (Fsp3) is 0.692. The van der Waals surface area contributed by atoms with E-state index in [1.54, 1.807) is 20.8 Å². The number of carbonyl (C=O) groups is 2. The highest BCUT2D eigenvalue weighted by atomic mass is 32.2. The minimum atomic E-state index is -4.13. The van der Waals surface area contributed by atoms with Gasteiger partial charge in [0.2, 0.25) is 0 Å². The lowest BCUT2D eigenvalue weighted by Crippen LogP contribution is -2.51. The maximum atomic E-state index is 12.3. The largest absolute Gasteiger partial charge is 0.444 e. The van der Waals surface area contributed by atoms with Crippen LogP contribution in [-0.4, -0.2) is 49.2 Å². The Morgan fingerprint density at radius 2 is 1.90 bits per heavy atom. The standard InChI is InChI=1S/C13H22N2O5S/c1-7-9-8-13(9,10(16)21(18,19)15(5)6)14-11(17)20-12(2,3)4/h7,9H,1,8H2,2-6H3,(H,14,17)/t9-,13-/m1/s1. The normalized spacial score (nSPS) is 25.3. The molecule has 1 N–H and O–H groups in total. The monoisotopic (exact) mass is 318 g/mol. The Hall–Kier alpha value is -1.41. The molecular formula is C13H22N2O5S. The molecule has 0 spiro atoms. The Balaban J connectivity index is 3.00. The van der Waals surface area contributed by atoms with Crippen LogP contribution < -0.4 is 5.32 Å². The molecule has 0 unspecified atom stereocenters. The first-order chi connectivity index (χ1) is 9.36. The minimum absolute atomic E-state index is 0.196. The molecule has 1 rings (SSSR count). The number of amides is 1. The van der Waals surface area contributed by atoms with Crippen LogP contribution in [-0.2, 0) is 19.6 Å². The van der Waals surface area contributed by atoms with Crippen molar-refractivity contribution in [3.63, 3.8) is 0 Å². The molecule has 1 aliphatic carbocycles. The number of sulfonamides is 1. The predicted molar refractivity (Wildman–Crippen MR) is 78.0 cm³/mol. The second-order valence-electron chi connectivity index (χ2n) is 6.22. The molecule has 0 heterocycles. The van der Waals surface area contributed by atoms with Crippen molar-refractivity contribution in [2.45, 2.75) is 38.3 Å². The van der Waals surface area contributed by atoms with Crippen molar-refractivity contribution in [1.29, 1.82) is 0 Å². The average molecular weight is 318 g/mol. The van der Waals surface area contributed by atoms with Crippen molar-refractivity contribution in [3.05, 3.63) is 12.7 Å². The van der Waals surface area contributed by atoms with Crippen LogP contribution in [0.1, 0.15) is 27.2 Å². The highest BCUT2D eigenvalue weighted by Gasteiger charge is 2.64. The average Bonchev–Trinajstić information content (AvgIpc) is 2.99. The van der Waals surface area contributed by atoms with E-state index in [9.17, 15) is 18.0 Å². The first-order valence-electron chi connectivity index (χ1n) is 6.47. The number of hydrogen-bond acceptors (Lipinski definition) is 5. The van der Waals surface area contributed by atoms with Gasteiger partial charge in [0.05, 0.1) is 0 Å². The van der Waals surface area contributed by atoms with Crippen LogP contribution in [0.25, 0.3) is 0 Å². The van der Waals surface area contributed by atoms with E-state index in [4.69, 9.17) is 4.74 Å². The molecule has 7 nitrogen and oxygen atoms in total. The van der Waals surface area contributed by atoms with Gasteiger partial charge >= 0.3 is 6.09 Å². The topological polar surface area (TPSA) is 92.8 Å². The molecule has 0 aromatic heterocycles. The molecule has 1 aliphatic rings. The number of alkyl carbamates (subject to hydrolysis) is 1. The number of ether oxygens (including phenoxy) is 1. The van der Waals surface area contributed by atoms with Crippen molar-refractivity contribution in [2.24, 2.45) is 5.92 Å². The van der Waals surface area contributed by atoms with Crippen LogP contribution in [0.5, 0.6) is 0 Å². The van der Waals surface area contributed by atoms with Gasteiger partial charge in [0.15, 0.2) is 0 Å². The first-order valence-corrected chi connectivity index (χ1v) is 7.91. The SMILES string of the molecule is C=C[C@@H]1C[C@]1(NC(=O)OC(C)(C)C)C(=O)S(=O)(=O)N(C)C. The molecule has 0 saturated heterocycles. The number of carbonyl (C=O) groups excluding carboxylic acids is 2. The Morgan fingerprint density at radius 3 is 2.24 bits per heavy atom. The quantitative estimate of drug-likeness (QED) is 0.777. The summed E-state index contributed by atoms with van der Waals surface area (Å²) in [5.74, 6) is -0.424. The molecule has 0 bridgehead atoms. The van der Waals surface area contributed by atoms with Crippen molar-refractivity contribution < 1.29 is 22.7 Å². The van der Waals surface area contributed by atoms with Gasteiger partial charge in [0, 0.05) is 20.0 Å². The fourth-order valence-corrected chi connectivity index (χ4v) is 2.96. The summed E-state index contributed by atoms with van der Waals surface area (Å²) in [6, 6.07) is 0. The van der Waals surface area contributed by atoms with Crippen LogP contribution in [0.3, 0.4) is 0 Å². The Kier molecular flexibility index (Phi) is 4.55. The lowest BCUT2D eigenvalue weighted by Gasteiger charge is -2.24. The molecular weight excluding hydrogens is 296 g/mol. The fourth-order valence-electron chi connectivity index (χ4n) is 1.88. The van der Waals surface area contributed by atoms with E-state index in [1.165, 1.54) is 20.2 Å². The van der Waals surface area contributed by atoms with E-state index in [2.05, 4.69) is 11.9 Å². The van der Waals surface area contributed by atoms with Gasteiger partial charge < -0.3 is 10.1 Å². The summed E-state index contributed by atoms with van der Waals surface area (Å²) in [4.78, 5) is 24.2. The van der Waals surface area contributed by atoms with Gasteiger partial charge in [-0.05, 0) is 27.2 Å². The van der Waals surface area contributed by atoms with Crippen LogP contribution >= 0.6 is 0 Å². The molecule has 0 radical (unpaired) electrons. The zero-order chi connectivity index (χ0) is 16.6. The van der Waals surface area contributed by atoms with Crippen LogP contribution in [0.2, 0.25) is 0 Å². The van der Waals surface area contributed by atoms with Gasteiger partial charge in [-0.15, -0.1) is 6.58 Å². The molecule has 1 fully saturated rings. The summed E-state index contributed by atoms with van der Waals surface area (Å²) in [5.41, 5.74) is -2.22. The molecule has 0 aliphatic heterocycles. The molecule has 0 aromatic carbocycles. The number of rotatable bonds is 4. The molecule has 21 heavy (non-hydrogen) atoms. The molecule has 0 aromatic rings. The van der Waals surface area contributed by atoms with Crippen molar-refractivity contribution in [3.8, 4) is 0 Å². The van der Waals surface area contributed by atoms with E-state index in [-0.39, 0.29) is 6.42 Å². The number of nitrogens with zero attached hydrogens (tertiary/aromatic N) is 1. The van der Waals surface area contributed by atoms with E-state index in [1.807, 2.05) is 0 Å². The third kappa shape index (κ3) is 3.62. The second-order valence-corrected chi connectivity index (χ2v) is 8.27. The third-order valence-electron chi connectivity index (χ3n) is 3.10. The van der Waals surface area contributed by atoms with Crippen LogP contribution in [0.4, 0.5) is 4.79 Å². The molecule has 1 amide bonds. The summed E-state index contributed by atoms with van der Waals surface area (Å²) in [6.07, 6.45) is 0.830. The van der Waals surface area contributed by atoms with Crippen molar-refractivity contribution >= 4 is 21.2 Å². The van der Waals surface area contributed by atoms with Gasteiger partial charge in [0.25, 0.3) is 15.1 Å². The summed E-state index contributed by atoms with van der Waals surface area (Å²) in [5, 5.41) is 1.35. The maximum Gasteiger partial charge on any atom is 0.408 e. The minimum Gasteiger partial charge on any atom is -0.444 e. The Bertz CT molecular complexity index is 562. The molecule has 2 atom stereocenters. The lowest BCUT2D eigenvalue weighted by molar-refractivity contribution is -0.115. The van der Waals surface area contributed by atoms with Crippen LogP contribution in [0, 0.1) is 5.92 Å². The highest BCUT2D eigenvalue weighted by molar-refractivity contribution is 8.04. The first kappa shape index (κ1) is 17.6. The smallest absolute Gasteiger partial charge is 0.408 e. The molecule has 8 heteroatoms. The Labute approximate surface area is 125 Å². The molecule has 120 valence electrons. The highest BCUT2D eigenvalue weighted by Crippen LogP contribution is 2.46. The summed E-state index contributed by atoms with van der Waals surface area (Å²) >= 11 is 0. The second kappa shape index (κ2) is 5.42. The van der Waals surface area contributed by atoms with E-state index < -0.39 is 38.3 Å². The third-order valence-corrected chi connectivity index (χ3v) is 4.90. The van der Waals surface area contributed by atoms with Crippen molar-refractivity contribution in [2.75, 3.05) is 14.1 Å². The maximum absolute atomic E-state index is 12.3. The van der Waals surface area contributed by atoms with Gasteiger partial charge in [-0.2, -0.15) is 0 Å². The van der Waals surface area contributed by atoms with Crippen molar-refractivity contribution in [1.82, 2.24) is 9.62 Å². The summed E-state index contributed by atoms with van der Waals surface area (Å²) < 4.78 is 29.9. The number of hydrogen-bond donors (Lipinski definition) is 1. The Morgan fingerprint density at radius 1 is 1.38 bits per heavy atom. The van der Waals surface area contributed by atoms with Gasteiger partial charge in [0.1, 0.15) is 11.1 Å². The number of nitrogens with one attached hydrogen (secondary N) is 1. The summed E-state index contributed by atoms with van der Waals surface area (Å²) in [6.45, 7) is 8.58. The van der Waals surface area contributed by atoms with E-state index >= 15 is 0 Å². The zero-order valence-electron chi connectivity index (χ0n) is 13.0. The van der Waals surface area contributed by atoms with Gasteiger partial charge in [-0.1, -0.05) is 6.08 Å². The van der Waals surface area contributed by atoms with Crippen LogP contribution in [0.15, 0.2) is 12.7 Å². The predicted octanol–water partition coefficient (Wildman–Crippen LogP) is 0.874. The molecule has 1 saturated carbocycles.